The summed E-state index contributed by atoms with van der Waals surface area (Å²) in [5, 5.41) is 3.04. The van der Waals surface area contributed by atoms with Crippen LogP contribution in [0.25, 0.3) is 0 Å². The van der Waals surface area contributed by atoms with Crippen molar-refractivity contribution in [3.05, 3.63) is 22.5 Å². The monoisotopic (exact) mass is 333 g/mol. The lowest BCUT2D eigenvalue weighted by molar-refractivity contribution is -0.00924. The fraction of sp³-hybridized carbons (Fsp3) is 0.667. The van der Waals surface area contributed by atoms with Crippen molar-refractivity contribution < 1.29 is 14.3 Å². The number of rotatable bonds is 4. The van der Waals surface area contributed by atoms with Gasteiger partial charge in [-0.2, -0.15) is 0 Å². The summed E-state index contributed by atoms with van der Waals surface area (Å²) in [4.78, 5) is 30.2. The molecule has 2 N–H and O–H groups in total. The van der Waals surface area contributed by atoms with E-state index in [2.05, 4.69) is 29.0 Å². The van der Waals surface area contributed by atoms with Crippen LogP contribution in [-0.2, 0) is 11.2 Å². The molecule has 1 aromatic heterocycles. The molecule has 1 saturated heterocycles. The molecule has 0 spiro atoms. The minimum Gasteiger partial charge on any atom is -0.379 e. The largest absolute Gasteiger partial charge is 0.379 e. The second kappa shape index (κ2) is 6.69. The molecule has 1 aromatic rings. The third-order valence-electron chi connectivity index (χ3n) is 5.21. The van der Waals surface area contributed by atoms with Crippen molar-refractivity contribution in [1.29, 1.82) is 0 Å². The Labute approximate surface area is 142 Å². The molecule has 0 unspecified atom stereocenters. The third kappa shape index (κ3) is 3.26. The van der Waals surface area contributed by atoms with Crippen molar-refractivity contribution in [3.63, 3.8) is 0 Å². The zero-order valence-corrected chi connectivity index (χ0v) is 14.8. The summed E-state index contributed by atoms with van der Waals surface area (Å²) in [6.07, 6.45) is 2.28. The summed E-state index contributed by atoms with van der Waals surface area (Å²) in [5.74, 6) is 0.0220. The molecule has 2 aliphatic rings. The molecule has 1 amide bonds. The number of amides is 1. The number of hydrogen-bond donors (Lipinski definition) is 2. The number of aromatic amines is 1. The molecule has 2 heterocycles. The van der Waals surface area contributed by atoms with Gasteiger partial charge in [-0.25, -0.2) is 0 Å². The second-order valence-corrected chi connectivity index (χ2v) is 7.35. The number of aromatic nitrogens is 1. The van der Waals surface area contributed by atoms with Gasteiger partial charge in [0.1, 0.15) is 5.69 Å². The number of H-pyrrole nitrogens is 1. The summed E-state index contributed by atoms with van der Waals surface area (Å²) in [6.45, 7) is 9.93. The average molecular weight is 333 g/mol. The van der Waals surface area contributed by atoms with Crippen LogP contribution in [-0.4, -0.2) is 60.0 Å². The molecule has 1 fully saturated rings. The maximum atomic E-state index is 12.6. The van der Waals surface area contributed by atoms with Crippen molar-refractivity contribution in [2.75, 3.05) is 32.8 Å². The zero-order chi connectivity index (χ0) is 17.3. The first-order valence-electron chi connectivity index (χ1n) is 8.76. The molecule has 0 bridgehead atoms. The van der Waals surface area contributed by atoms with E-state index in [0.717, 1.165) is 56.0 Å². The van der Waals surface area contributed by atoms with E-state index in [1.807, 2.05) is 6.92 Å². The van der Waals surface area contributed by atoms with Crippen LogP contribution in [0.4, 0.5) is 0 Å². The van der Waals surface area contributed by atoms with Gasteiger partial charge in [0.2, 0.25) is 0 Å². The predicted molar refractivity (Wildman–Crippen MR) is 91.6 cm³/mol. The van der Waals surface area contributed by atoms with E-state index in [9.17, 15) is 9.59 Å². The molecule has 0 atom stereocenters. The minimum atomic E-state index is -0.130. The first-order valence-corrected chi connectivity index (χ1v) is 8.76. The van der Waals surface area contributed by atoms with Gasteiger partial charge in [-0.05, 0) is 39.2 Å². The Morgan fingerprint density at radius 3 is 2.67 bits per heavy atom. The first kappa shape index (κ1) is 17.2. The van der Waals surface area contributed by atoms with Crippen LogP contribution in [0.1, 0.15) is 58.8 Å². The molecular formula is C18H27N3O3. The molecule has 1 aliphatic heterocycles. The Morgan fingerprint density at radius 2 is 2.00 bits per heavy atom. The van der Waals surface area contributed by atoms with Gasteiger partial charge in [-0.15, -0.1) is 0 Å². The van der Waals surface area contributed by atoms with Crippen molar-refractivity contribution in [2.45, 2.75) is 45.6 Å². The fourth-order valence-electron chi connectivity index (χ4n) is 3.67. The molecule has 132 valence electrons. The van der Waals surface area contributed by atoms with Crippen molar-refractivity contribution in [3.8, 4) is 0 Å². The Morgan fingerprint density at radius 1 is 1.29 bits per heavy atom. The topological polar surface area (TPSA) is 74.4 Å². The van der Waals surface area contributed by atoms with Crippen LogP contribution in [0.3, 0.4) is 0 Å². The van der Waals surface area contributed by atoms with Gasteiger partial charge < -0.3 is 15.0 Å². The number of morpholine rings is 1. The van der Waals surface area contributed by atoms with Gasteiger partial charge in [0.15, 0.2) is 5.78 Å². The number of ketones is 1. The Bertz CT molecular complexity index is 642. The lowest BCUT2D eigenvalue weighted by Gasteiger charge is -2.40. The molecule has 0 saturated carbocycles. The van der Waals surface area contributed by atoms with Crippen molar-refractivity contribution >= 4 is 11.7 Å². The normalized spacial score (nSPS) is 19.2. The second-order valence-electron chi connectivity index (χ2n) is 7.35. The number of nitrogens with zero attached hydrogens (tertiary/aromatic N) is 1. The number of hydrogen-bond acceptors (Lipinski definition) is 4. The number of ether oxygens (including phenoxy) is 1. The van der Waals surface area contributed by atoms with Gasteiger partial charge in [0.25, 0.3) is 5.91 Å². The van der Waals surface area contributed by atoms with Crippen LogP contribution in [0, 0.1) is 6.92 Å². The highest BCUT2D eigenvalue weighted by molar-refractivity contribution is 6.04. The Hall–Kier alpha value is -1.66. The van der Waals surface area contributed by atoms with Crippen molar-refractivity contribution in [1.82, 2.24) is 15.2 Å². The Balaban J connectivity index is 1.68. The van der Waals surface area contributed by atoms with Crippen LogP contribution < -0.4 is 5.32 Å². The van der Waals surface area contributed by atoms with E-state index in [4.69, 9.17) is 4.74 Å². The third-order valence-corrected chi connectivity index (χ3v) is 5.21. The number of aryl methyl sites for hydroxylation is 1. The van der Waals surface area contributed by atoms with Crippen LogP contribution in [0.2, 0.25) is 0 Å². The van der Waals surface area contributed by atoms with E-state index in [0.29, 0.717) is 18.7 Å². The van der Waals surface area contributed by atoms with E-state index >= 15 is 0 Å². The number of Topliss-reactive ketones (excluding diaryl/α,β-unsaturated/α-hetero) is 1. The highest BCUT2D eigenvalue weighted by Gasteiger charge is 2.30. The average Bonchev–Trinajstić information content (AvgIpc) is 2.92. The van der Waals surface area contributed by atoms with Gasteiger partial charge >= 0.3 is 0 Å². The number of nitrogens with one attached hydrogen (secondary N) is 2. The van der Waals surface area contributed by atoms with E-state index in [1.54, 1.807) is 0 Å². The molecule has 0 radical (unpaired) electrons. The van der Waals surface area contributed by atoms with Crippen molar-refractivity contribution in [2.24, 2.45) is 0 Å². The maximum absolute atomic E-state index is 12.6. The molecule has 6 nitrogen and oxygen atoms in total. The Kier molecular flexibility index (Phi) is 4.78. The summed E-state index contributed by atoms with van der Waals surface area (Å²) in [7, 11) is 0. The predicted octanol–water partition coefficient (Wildman–Crippen LogP) is 1.68. The molecule has 1 aliphatic carbocycles. The highest BCUT2D eigenvalue weighted by atomic mass is 16.5. The van der Waals surface area contributed by atoms with E-state index in [1.165, 1.54) is 0 Å². The van der Waals surface area contributed by atoms with E-state index < -0.39 is 0 Å². The highest BCUT2D eigenvalue weighted by Crippen LogP contribution is 2.26. The lowest BCUT2D eigenvalue weighted by atomic mass is 9.94. The summed E-state index contributed by atoms with van der Waals surface area (Å²) < 4.78 is 5.40. The van der Waals surface area contributed by atoms with Gasteiger partial charge in [-0.1, -0.05) is 0 Å². The number of carbonyl (C=O) groups is 2. The molecule has 3 rings (SSSR count). The quantitative estimate of drug-likeness (QED) is 0.879. The van der Waals surface area contributed by atoms with Gasteiger partial charge in [0.05, 0.1) is 13.2 Å². The SMILES string of the molecule is Cc1c(C(=O)NCC(C)(C)N2CCOCC2)[nH]c2c1C(=O)CCC2. The zero-order valence-electron chi connectivity index (χ0n) is 14.8. The summed E-state index contributed by atoms with van der Waals surface area (Å²) in [6, 6.07) is 0. The van der Waals surface area contributed by atoms with Crippen LogP contribution in [0.15, 0.2) is 0 Å². The van der Waals surface area contributed by atoms with Gasteiger partial charge in [-0.3, -0.25) is 14.5 Å². The van der Waals surface area contributed by atoms with Crippen LogP contribution >= 0.6 is 0 Å². The summed E-state index contributed by atoms with van der Waals surface area (Å²) >= 11 is 0. The van der Waals surface area contributed by atoms with Crippen LogP contribution in [0.5, 0.6) is 0 Å². The molecule has 0 aromatic carbocycles. The molecule has 24 heavy (non-hydrogen) atoms. The minimum absolute atomic E-state index is 0.129. The number of fused-ring (bicyclic) bond motifs is 1. The lowest BCUT2D eigenvalue weighted by Crippen LogP contribution is -2.55. The summed E-state index contributed by atoms with van der Waals surface area (Å²) in [5.41, 5.74) is 2.85. The standard InChI is InChI=1S/C18H27N3O3/c1-12-15-13(5-4-6-14(15)22)20-16(12)17(23)19-11-18(2,3)21-7-9-24-10-8-21/h20H,4-11H2,1-3H3,(H,19,23). The first-order chi connectivity index (χ1) is 11.4. The smallest absolute Gasteiger partial charge is 0.268 e. The van der Waals surface area contributed by atoms with E-state index in [-0.39, 0.29) is 17.2 Å². The molecular weight excluding hydrogens is 306 g/mol. The van der Waals surface area contributed by atoms with Gasteiger partial charge in [0, 0.05) is 42.9 Å². The number of carbonyl (C=O) groups excluding carboxylic acids is 2. The maximum Gasteiger partial charge on any atom is 0.268 e. The molecule has 6 heteroatoms. The fourth-order valence-corrected chi connectivity index (χ4v) is 3.67.